The molecule has 9 heteroatoms. The average Bonchev–Trinajstić information content (AvgIpc) is 2.60. The molecule has 2 aromatic rings. The third-order valence-corrected chi connectivity index (χ3v) is 3.34. The van der Waals surface area contributed by atoms with Gasteiger partial charge in [-0.25, -0.2) is 4.79 Å². The van der Waals surface area contributed by atoms with Crippen LogP contribution >= 0.6 is 0 Å². The number of non-ortho nitro benzene ring substituents is 1. The number of benzene rings is 2. The van der Waals surface area contributed by atoms with E-state index in [1.54, 1.807) is 0 Å². The molecule has 9 nitrogen and oxygen atoms in total. The lowest BCUT2D eigenvalue weighted by Crippen LogP contribution is -2.15. The van der Waals surface area contributed by atoms with Crippen molar-refractivity contribution in [3.8, 4) is 11.5 Å². The Balaban J connectivity index is 2.36. The van der Waals surface area contributed by atoms with E-state index in [0.29, 0.717) is 0 Å². The van der Waals surface area contributed by atoms with Crippen LogP contribution in [-0.4, -0.2) is 36.1 Å². The van der Waals surface area contributed by atoms with E-state index in [1.165, 1.54) is 50.6 Å². The highest BCUT2D eigenvalue weighted by atomic mass is 16.6. The first kappa shape index (κ1) is 17.7. The minimum Gasteiger partial charge on any atom is -0.493 e. The zero-order chi connectivity index (χ0) is 18.6. The molecule has 0 saturated carbocycles. The normalized spacial score (nSPS) is 10.0. The fourth-order valence-corrected chi connectivity index (χ4v) is 2.09. The maximum atomic E-state index is 12.3. The van der Waals surface area contributed by atoms with Gasteiger partial charge < -0.3 is 19.9 Å². The molecule has 130 valence electrons. The van der Waals surface area contributed by atoms with E-state index in [9.17, 15) is 24.8 Å². The smallest absolute Gasteiger partial charge is 0.337 e. The average molecular weight is 346 g/mol. The summed E-state index contributed by atoms with van der Waals surface area (Å²) in [6.07, 6.45) is 0. The quantitative estimate of drug-likeness (QED) is 0.607. The maximum Gasteiger partial charge on any atom is 0.337 e. The SMILES string of the molecule is COc1cc(NC(=O)c2ccc([N+](=O)[O-])cc2)c(C(=O)O)cc1OC. The molecule has 2 rings (SSSR count). The van der Waals surface area contributed by atoms with Crippen LogP contribution in [0.25, 0.3) is 0 Å². The topological polar surface area (TPSA) is 128 Å². The Bertz CT molecular complexity index is 831. The molecule has 0 atom stereocenters. The van der Waals surface area contributed by atoms with Crippen molar-refractivity contribution in [1.82, 2.24) is 0 Å². The van der Waals surface area contributed by atoms with Crippen LogP contribution in [0.3, 0.4) is 0 Å². The summed E-state index contributed by atoms with van der Waals surface area (Å²) in [4.78, 5) is 33.7. The number of carbonyl (C=O) groups excluding carboxylic acids is 1. The van der Waals surface area contributed by atoms with E-state index in [2.05, 4.69) is 5.32 Å². The number of carbonyl (C=O) groups is 2. The number of carboxylic acids is 1. The summed E-state index contributed by atoms with van der Waals surface area (Å²) in [5.74, 6) is -1.44. The summed E-state index contributed by atoms with van der Waals surface area (Å²) in [7, 11) is 2.73. The van der Waals surface area contributed by atoms with Gasteiger partial charge in [0.25, 0.3) is 11.6 Å². The van der Waals surface area contributed by atoms with Crippen molar-refractivity contribution in [2.24, 2.45) is 0 Å². The first-order valence-corrected chi connectivity index (χ1v) is 6.92. The van der Waals surface area contributed by atoms with Crippen LogP contribution in [-0.2, 0) is 0 Å². The van der Waals surface area contributed by atoms with E-state index in [-0.39, 0.29) is 34.0 Å². The second-order valence-corrected chi connectivity index (χ2v) is 4.82. The van der Waals surface area contributed by atoms with Gasteiger partial charge in [-0.05, 0) is 12.1 Å². The van der Waals surface area contributed by atoms with Gasteiger partial charge in [0.05, 0.1) is 30.4 Å². The van der Waals surface area contributed by atoms with E-state index >= 15 is 0 Å². The van der Waals surface area contributed by atoms with Gasteiger partial charge in [-0.2, -0.15) is 0 Å². The fourth-order valence-electron chi connectivity index (χ4n) is 2.09. The predicted molar refractivity (Wildman–Crippen MR) is 87.6 cm³/mol. The summed E-state index contributed by atoms with van der Waals surface area (Å²) in [5, 5.41) is 22.4. The standard InChI is InChI=1S/C16H14N2O7/c1-24-13-7-11(16(20)21)12(8-14(13)25-2)17-15(19)9-3-5-10(6-4-9)18(22)23/h3-8H,1-2H3,(H,17,19)(H,20,21). The highest BCUT2D eigenvalue weighted by Crippen LogP contribution is 2.33. The number of ether oxygens (including phenoxy) is 2. The zero-order valence-electron chi connectivity index (χ0n) is 13.3. The number of hydrogen-bond acceptors (Lipinski definition) is 6. The second kappa shape index (κ2) is 7.30. The lowest BCUT2D eigenvalue weighted by molar-refractivity contribution is -0.384. The van der Waals surface area contributed by atoms with Gasteiger partial charge in [0.2, 0.25) is 0 Å². The molecule has 0 aromatic heterocycles. The Morgan fingerprint density at radius 1 is 1.08 bits per heavy atom. The number of carboxylic acid groups (broad SMARTS) is 1. The molecule has 0 aliphatic heterocycles. The van der Waals surface area contributed by atoms with Crippen molar-refractivity contribution in [2.45, 2.75) is 0 Å². The van der Waals surface area contributed by atoms with Crippen LogP contribution in [0.4, 0.5) is 11.4 Å². The molecular weight excluding hydrogens is 332 g/mol. The van der Waals surface area contributed by atoms with Crippen molar-refractivity contribution in [1.29, 1.82) is 0 Å². The van der Waals surface area contributed by atoms with Gasteiger partial charge >= 0.3 is 5.97 Å². The Hall–Kier alpha value is -3.62. The Morgan fingerprint density at radius 2 is 1.64 bits per heavy atom. The number of methoxy groups -OCH3 is 2. The first-order valence-electron chi connectivity index (χ1n) is 6.92. The van der Waals surface area contributed by atoms with Crippen molar-refractivity contribution in [3.05, 3.63) is 57.6 Å². The van der Waals surface area contributed by atoms with Crippen molar-refractivity contribution < 1.29 is 29.1 Å². The lowest BCUT2D eigenvalue weighted by Gasteiger charge is -2.13. The number of nitrogens with one attached hydrogen (secondary N) is 1. The van der Waals surface area contributed by atoms with Crippen LogP contribution in [0.1, 0.15) is 20.7 Å². The molecule has 0 saturated heterocycles. The largest absolute Gasteiger partial charge is 0.493 e. The Kier molecular flexibility index (Phi) is 5.18. The van der Waals surface area contributed by atoms with Crippen molar-refractivity contribution in [2.75, 3.05) is 19.5 Å². The minimum absolute atomic E-state index is 0.00787. The van der Waals surface area contributed by atoms with Gasteiger partial charge in [0.15, 0.2) is 11.5 Å². The van der Waals surface area contributed by atoms with Crippen molar-refractivity contribution >= 4 is 23.3 Å². The number of nitro groups is 1. The number of nitro benzene ring substituents is 1. The first-order chi connectivity index (χ1) is 11.9. The summed E-state index contributed by atoms with van der Waals surface area (Å²) in [6.45, 7) is 0. The molecule has 0 unspecified atom stereocenters. The molecular formula is C16H14N2O7. The second-order valence-electron chi connectivity index (χ2n) is 4.82. The molecule has 0 radical (unpaired) electrons. The van der Waals surface area contributed by atoms with E-state index in [1.807, 2.05) is 0 Å². The third-order valence-electron chi connectivity index (χ3n) is 3.34. The maximum absolute atomic E-state index is 12.3. The van der Waals surface area contributed by atoms with Crippen LogP contribution in [0, 0.1) is 10.1 Å². The lowest BCUT2D eigenvalue weighted by atomic mass is 10.1. The Morgan fingerprint density at radius 3 is 2.12 bits per heavy atom. The number of nitrogens with zero attached hydrogens (tertiary/aromatic N) is 1. The molecule has 0 heterocycles. The number of aromatic carboxylic acids is 1. The summed E-state index contributed by atoms with van der Waals surface area (Å²) < 4.78 is 10.1. The predicted octanol–water partition coefficient (Wildman–Crippen LogP) is 2.56. The van der Waals surface area contributed by atoms with E-state index in [4.69, 9.17) is 9.47 Å². The van der Waals surface area contributed by atoms with Gasteiger partial charge in [-0.1, -0.05) is 0 Å². The fraction of sp³-hybridized carbons (Fsp3) is 0.125. The third kappa shape index (κ3) is 3.83. The summed E-state index contributed by atoms with van der Waals surface area (Å²) in [6, 6.07) is 7.46. The molecule has 25 heavy (non-hydrogen) atoms. The van der Waals surface area contributed by atoms with E-state index < -0.39 is 16.8 Å². The Labute approximate surface area is 141 Å². The zero-order valence-corrected chi connectivity index (χ0v) is 13.3. The highest BCUT2D eigenvalue weighted by Gasteiger charge is 2.19. The number of hydrogen-bond donors (Lipinski definition) is 2. The highest BCUT2D eigenvalue weighted by molar-refractivity contribution is 6.08. The van der Waals surface area contributed by atoms with Gasteiger partial charge in [0, 0.05) is 29.8 Å². The van der Waals surface area contributed by atoms with Gasteiger partial charge in [0.1, 0.15) is 0 Å². The molecule has 0 bridgehead atoms. The molecule has 0 fully saturated rings. The number of amides is 1. The van der Waals surface area contributed by atoms with Gasteiger partial charge in [-0.15, -0.1) is 0 Å². The van der Waals surface area contributed by atoms with Crippen LogP contribution in [0.2, 0.25) is 0 Å². The summed E-state index contributed by atoms with van der Waals surface area (Å²) >= 11 is 0. The monoisotopic (exact) mass is 346 g/mol. The van der Waals surface area contributed by atoms with Crippen LogP contribution in [0.5, 0.6) is 11.5 Å². The molecule has 2 N–H and O–H groups in total. The van der Waals surface area contributed by atoms with Crippen LogP contribution < -0.4 is 14.8 Å². The van der Waals surface area contributed by atoms with Crippen LogP contribution in [0.15, 0.2) is 36.4 Å². The van der Waals surface area contributed by atoms with Crippen molar-refractivity contribution in [3.63, 3.8) is 0 Å². The molecule has 0 aliphatic rings. The summed E-state index contributed by atoms with van der Waals surface area (Å²) in [5.41, 5.74) is -0.202. The minimum atomic E-state index is -1.26. The van der Waals surface area contributed by atoms with E-state index in [0.717, 1.165) is 0 Å². The number of rotatable bonds is 6. The molecule has 2 aromatic carbocycles. The molecule has 0 spiro atoms. The number of anilines is 1. The molecule has 1 amide bonds. The molecule has 0 aliphatic carbocycles. The van der Waals surface area contributed by atoms with Gasteiger partial charge in [-0.3, -0.25) is 14.9 Å².